The molecule has 0 aromatic heterocycles. The predicted octanol–water partition coefficient (Wildman–Crippen LogP) is 3.13. The monoisotopic (exact) mass is 246 g/mol. The zero-order chi connectivity index (χ0) is 12.3. The van der Waals surface area contributed by atoms with Crippen molar-refractivity contribution in [3.8, 4) is 0 Å². The van der Waals surface area contributed by atoms with E-state index >= 15 is 0 Å². The maximum absolute atomic E-state index is 9.48. The molecule has 0 radical (unpaired) electrons. The van der Waals surface area contributed by atoms with E-state index in [4.69, 9.17) is 0 Å². The van der Waals surface area contributed by atoms with E-state index in [2.05, 4.69) is 37.4 Å². The highest BCUT2D eigenvalue weighted by Gasteiger charge is 2.30. The second-order valence-corrected chi connectivity index (χ2v) is 9.85. The number of rotatable bonds is 3. The van der Waals surface area contributed by atoms with E-state index in [0.29, 0.717) is 0 Å². The fourth-order valence-corrected chi connectivity index (χ4v) is 6.13. The molecular formula is C15H22OSi. The minimum atomic E-state index is -1.54. The quantitative estimate of drug-likeness (QED) is 0.812. The number of hydrogen-bond acceptors (Lipinski definition) is 1. The first kappa shape index (κ1) is 12.6. The van der Waals surface area contributed by atoms with E-state index in [-0.39, 0.29) is 6.61 Å². The minimum Gasteiger partial charge on any atom is -0.392 e. The molecule has 0 bridgehead atoms. The van der Waals surface area contributed by atoms with Gasteiger partial charge in [-0.25, -0.2) is 0 Å². The first-order valence-electron chi connectivity index (χ1n) is 6.55. The lowest BCUT2D eigenvalue weighted by Gasteiger charge is -2.30. The van der Waals surface area contributed by atoms with Crippen molar-refractivity contribution in [2.45, 2.75) is 45.4 Å². The van der Waals surface area contributed by atoms with Crippen molar-refractivity contribution in [3.63, 3.8) is 0 Å². The Hall–Kier alpha value is -0.863. The van der Waals surface area contributed by atoms with Crippen LogP contribution in [0.2, 0.25) is 13.1 Å². The third kappa shape index (κ3) is 2.53. The van der Waals surface area contributed by atoms with Gasteiger partial charge in [-0.1, -0.05) is 48.6 Å². The van der Waals surface area contributed by atoms with E-state index in [0.717, 1.165) is 5.56 Å². The second-order valence-electron chi connectivity index (χ2n) is 5.42. The summed E-state index contributed by atoms with van der Waals surface area (Å²) in [6.45, 7) is 5.00. The summed E-state index contributed by atoms with van der Waals surface area (Å²) in [5.41, 5.74) is 1.12. The van der Waals surface area contributed by atoms with Crippen molar-refractivity contribution in [3.05, 3.63) is 41.1 Å². The molecule has 0 heterocycles. The zero-order valence-electron chi connectivity index (χ0n) is 10.9. The third-order valence-electron chi connectivity index (χ3n) is 3.95. The van der Waals surface area contributed by atoms with Gasteiger partial charge in [0.25, 0.3) is 0 Å². The molecule has 0 saturated carbocycles. The molecule has 0 aliphatic heterocycles. The Labute approximate surface area is 105 Å². The van der Waals surface area contributed by atoms with Gasteiger partial charge in [-0.15, -0.1) is 0 Å². The smallest absolute Gasteiger partial charge is 0.107 e. The summed E-state index contributed by atoms with van der Waals surface area (Å²) in [4.78, 5) is 0. The third-order valence-corrected chi connectivity index (χ3v) is 7.85. The molecule has 2 heteroatoms. The van der Waals surface area contributed by atoms with Crippen molar-refractivity contribution < 1.29 is 5.11 Å². The molecule has 2 rings (SSSR count). The van der Waals surface area contributed by atoms with E-state index < -0.39 is 8.07 Å². The van der Waals surface area contributed by atoms with Crippen LogP contribution in [0.15, 0.2) is 35.5 Å². The van der Waals surface area contributed by atoms with Crippen LogP contribution in [0.3, 0.4) is 0 Å². The highest BCUT2D eigenvalue weighted by atomic mass is 28.3. The van der Waals surface area contributed by atoms with Crippen molar-refractivity contribution in [2.75, 3.05) is 0 Å². The molecule has 92 valence electrons. The Bertz CT molecular complexity index is 421. The van der Waals surface area contributed by atoms with Crippen LogP contribution in [0.5, 0.6) is 0 Å². The van der Waals surface area contributed by atoms with Gasteiger partial charge in [-0.2, -0.15) is 0 Å². The molecule has 0 spiro atoms. The molecule has 1 aromatic carbocycles. The van der Waals surface area contributed by atoms with Gasteiger partial charge in [-0.3, -0.25) is 0 Å². The van der Waals surface area contributed by atoms with Crippen LogP contribution in [0.4, 0.5) is 0 Å². The zero-order valence-corrected chi connectivity index (χ0v) is 11.9. The van der Waals surface area contributed by atoms with Gasteiger partial charge in [0.2, 0.25) is 0 Å². The maximum Gasteiger partial charge on any atom is 0.107 e. The molecule has 1 aliphatic carbocycles. The van der Waals surface area contributed by atoms with Crippen molar-refractivity contribution in [1.82, 2.24) is 0 Å². The van der Waals surface area contributed by atoms with Crippen molar-refractivity contribution in [2.24, 2.45) is 0 Å². The maximum atomic E-state index is 9.48. The van der Waals surface area contributed by atoms with Gasteiger partial charge in [-0.05, 0) is 36.4 Å². The Kier molecular flexibility index (Phi) is 3.85. The molecular weight excluding hydrogens is 224 g/mol. The van der Waals surface area contributed by atoms with E-state index in [1.165, 1.54) is 30.9 Å². The van der Waals surface area contributed by atoms with Crippen LogP contribution >= 0.6 is 0 Å². The number of aliphatic hydroxyl groups excluding tert-OH is 1. The molecule has 0 atom stereocenters. The van der Waals surface area contributed by atoms with Crippen LogP contribution in [-0.4, -0.2) is 13.2 Å². The summed E-state index contributed by atoms with van der Waals surface area (Å²) in [6.07, 6.45) is 7.65. The highest BCUT2D eigenvalue weighted by molar-refractivity contribution is 6.96. The van der Waals surface area contributed by atoms with Crippen LogP contribution in [0.1, 0.15) is 31.2 Å². The number of benzene rings is 1. The normalized spacial score (nSPS) is 16.8. The highest BCUT2D eigenvalue weighted by Crippen LogP contribution is 2.26. The predicted molar refractivity (Wildman–Crippen MR) is 76.0 cm³/mol. The van der Waals surface area contributed by atoms with Gasteiger partial charge in [0, 0.05) is 0 Å². The van der Waals surface area contributed by atoms with Gasteiger partial charge >= 0.3 is 0 Å². The van der Waals surface area contributed by atoms with Gasteiger partial charge < -0.3 is 5.11 Å². The molecule has 1 aromatic rings. The first-order chi connectivity index (χ1) is 8.16. The van der Waals surface area contributed by atoms with Crippen LogP contribution in [0, 0.1) is 0 Å². The fourth-order valence-electron chi connectivity index (χ4n) is 2.85. The lowest BCUT2D eigenvalue weighted by molar-refractivity contribution is 0.283. The summed E-state index contributed by atoms with van der Waals surface area (Å²) in [5, 5.41) is 12.6. The molecule has 0 saturated heterocycles. The van der Waals surface area contributed by atoms with Gasteiger partial charge in [0.05, 0.1) is 6.61 Å². The molecule has 0 amide bonds. The topological polar surface area (TPSA) is 20.2 Å². The van der Waals surface area contributed by atoms with Crippen LogP contribution < -0.4 is 5.19 Å². The minimum absolute atomic E-state index is 0.167. The van der Waals surface area contributed by atoms with Crippen molar-refractivity contribution >= 4 is 13.3 Å². The average molecular weight is 246 g/mol. The van der Waals surface area contributed by atoms with E-state index in [9.17, 15) is 5.11 Å². The molecule has 17 heavy (non-hydrogen) atoms. The fraction of sp³-hybridized carbons (Fsp3) is 0.467. The summed E-state index contributed by atoms with van der Waals surface area (Å²) in [5.74, 6) is 0. The number of hydrogen-bond donors (Lipinski definition) is 1. The molecule has 1 aliphatic rings. The average Bonchev–Trinajstić information content (AvgIpc) is 2.39. The van der Waals surface area contributed by atoms with Gasteiger partial charge in [0.1, 0.15) is 8.07 Å². The Morgan fingerprint density at radius 2 is 1.94 bits per heavy atom. The number of allylic oxidation sites excluding steroid dienone is 2. The van der Waals surface area contributed by atoms with Gasteiger partial charge in [0.15, 0.2) is 0 Å². The SMILES string of the molecule is C[Si](C)(C1=CCCCC1)c1ccccc1CO. The molecule has 0 fully saturated rings. The van der Waals surface area contributed by atoms with E-state index in [1.54, 1.807) is 5.20 Å². The Morgan fingerprint density at radius 3 is 2.59 bits per heavy atom. The first-order valence-corrected chi connectivity index (χ1v) is 9.55. The summed E-state index contributed by atoms with van der Waals surface area (Å²) in [6, 6.07) is 8.40. The lowest BCUT2D eigenvalue weighted by atomic mass is 10.1. The molecule has 1 nitrogen and oxygen atoms in total. The van der Waals surface area contributed by atoms with Crippen LogP contribution in [0.25, 0.3) is 0 Å². The van der Waals surface area contributed by atoms with Crippen molar-refractivity contribution in [1.29, 1.82) is 0 Å². The second kappa shape index (κ2) is 5.19. The Balaban J connectivity index is 2.39. The largest absolute Gasteiger partial charge is 0.392 e. The summed E-state index contributed by atoms with van der Waals surface area (Å²) < 4.78 is 0. The standard InChI is InChI=1S/C15H22OSi/c1-17(2,14-9-4-3-5-10-14)15-11-7-6-8-13(15)12-16/h6-9,11,16H,3-5,10,12H2,1-2H3. The molecule has 0 unspecified atom stereocenters. The van der Waals surface area contributed by atoms with Crippen LogP contribution in [-0.2, 0) is 6.61 Å². The Morgan fingerprint density at radius 1 is 1.18 bits per heavy atom. The summed E-state index contributed by atoms with van der Waals surface area (Å²) >= 11 is 0. The van der Waals surface area contributed by atoms with E-state index in [1.807, 2.05) is 6.07 Å². The lowest BCUT2D eigenvalue weighted by Crippen LogP contribution is -2.46. The summed E-state index contributed by atoms with van der Waals surface area (Å²) in [7, 11) is -1.54. The molecule has 1 N–H and O–H groups in total. The number of aliphatic hydroxyl groups is 1.